The predicted octanol–water partition coefficient (Wildman–Crippen LogP) is 2.89. The Morgan fingerprint density at radius 1 is 1.00 bits per heavy atom. The second-order valence-electron chi connectivity index (χ2n) is 6.59. The molecule has 0 unspecified atom stereocenters. The molecule has 27 heavy (non-hydrogen) atoms. The van der Waals surface area contributed by atoms with Gasteiger partial charge in [-0.05, 0) is 36.8 Å². The van der Waals surface area contributed by atoms with Gasteiger partial charge in [-0.1, -0.05) is 23.8 Å². The summed E-state index contributed by atoms with van der Waals surface area (Å²) in [7, 11) is 7.12. The first kappa shape index (κ1) is 20.3. The van der Waals surface area contributed by atoms with Crippen molar-refractivity contribution >= 4 is 17.6 Å². The first-order valence-electron chi connectivity index (χ1n) is 8.64. The number of benzene rings is 2. The summed E-state index contributed by atoms with van der Waals surface area (Å²) in [6.07, 6.45) is 0. The van der Waals surface area contributed by atoms with E-state index in [9.17, 15) is 9.59 Å². The molecule has 2 rings (SSSR count). The number of ether oxygens (including phenoxy) is 2. The third kappa shape index (κ3) is 5.48. The molecule has 0 spiro atoms. The number of methoxy groups -OCH3 is 1. The van der Waals surface area contributed by atoms with E-state index in [0.29, 0.717) is 17.9 Å². The smallest absolute Gasteiger partial charge is 0.342 e. The highest BCUT2D eigenvalue weighted by Gasteiger charge is 2.17. The number of aryl methyl sites for hydroxylation is 1. The molecule has 0 saturated carbocycles. The Morgan fingerprint density at radius 3 is 2.26 bits per heavy atom. The van der Waals surface area contributed by atoms with Crippen LogP contribution in [0.15, 0.2) is 42.5 Å². The molecule has 0 aromatic heterocycles. The maximum absolute atomic E-state index is 12.3. The number of hydrogen-bond acceptors (Lipinski definition) is 5. The second-order valence-corrected chi connectivity index (χ2v) is 6.59. The lowest BCUT2D eigenvalue weighted by Crippen LogP contribution is -2.30. The zero-order chi connectivity index (χ0) is 20.0. The number of carbonyl (C=O) groups excluding carboxylic acids is 2. The van der Waals surface area contributed by atoms with Gasteiger partial charge in [-0.25, -0.2) is 4.79 Å². The van der Waals surface area contributed by atoms with E-state index in [-0.39, 0.29) is 12.5 Å². The van der Waals surface area contributed by atoms with E-state index in [1.807, 2.05) is 56.3 Å². The Morgan fingerprint density at radius 2 is 1.67 bits per heavy atom. The van der Waals surface area contributed by atoms with Crippen LogP contribution in [-0.2, 0) is 16.1 Å². The van der Waals surface area contributed by atoms with Gasteiger partial charge in [0.2, 0.25) is 0 Å². The van der Waals surface area contributed by atoms with Crippen LogP contribution in [0.5, 0.6) is 5.75 Å². The number of amides is 1. The molecule has 0 fully saturated rings. The molecule has 6 nitrogen and oxygen atoms in total. The zero-order valence-electron chi connectivity index (χ0n) is 16.5. The van der Waals surface area contributed by atoms with Crippen molar-refractivity contribution in [1.82, 2.24) is 4.90 Å². The van der Waals surface area contributed by atoms with E-state index in [2.05, 4.69) is 0 Å². The lowest BCUT2D eigenvalue weighted by atomic mass is 10.1. The van der Waals surface area contributed by atoms with E-state index < -0.39 is 5.97 Å². The lowest BCUT2D eigenvalue weighted by molar-refractivity contribution is -0.133. The summed E-state index contributed by atoms with van der Waals surface area (Å²) < 4.78 is 10.4. The predicted molar refractivity (Wildman–Crippen MR) is 105 cm³/mol. The second kappa shape index (κ2) is 9.07. The molecule has 2 aromatic carbocycles. The van der Waals surface area contributed by atoms with Crippen molar-refractivity contribution in [3.63, 3.8) is 0 Å². The molecule has 0 saturated heterocycles. The van der Waals surface area contributed by atoms with Crippen molar-refractivity contribution in [3.8, 4) is 5.75 Å². The molecule has 1 amide bonds. The number of anilines is 1. The lowest BCUT2D eigenvalue weighted by Gasteiger charge is -2.18. The highest BCUT2D eigenvalue weighted by Crippen LogP contribution is 2.20. The van der Waals surface area contributed by atoms with Crippen molar-refractivity contribution in [2.75, 3.05) is 39.8 Å². The van der Waals surface area contributed by atoms with Crippen LogP contribution in [0.4, 0.5) is 5.69 Å². The van der Waals surface area contributed by atoms with Gasteiger partial charge in [0, 0.05) is 33.4 Å². The van der Waals surface area contributed by atoms with Gasteiger partial charge in [0.15, 0.2) is 6.61 Å². The highest BCUT2D eigenvalue weighted by molar-refractivity contribution is 5.94. The normalized spacial score (nSPS) is 10.3. The number of esters is 1. The van der Waals surface area contributed by atoms with Gasteiger partial charge in [0.25, 0.3) is 5.91 Å². The molecule has 0 radical (unpaired) electrons. The number of nitrogens with zero attached hydrogens (tertiary/aromatic N) is 2. The molecular weight excluding hydrogens is 344 g/mol. The summed E-state index contributed by atoms with van der Waals surface area (Å²) in [5, 5.41) is 0. The van der Waals surface area contributed by atoms with Crippen LogP contribution in [0.1, 0.15) is 21.5 Å². The van der Waals surface area contributed by atoms with E-state index in [0.717, 1.165) is 16.8 Å². The maximum atomic E-state index is 12.3. The summed E-state index contributed by atoms with van der Waals surface area (Å²) in [6.45, 7) is 2.00. The molecule has 0 atom stereocenters. The average Bonchev–Trinajstić information content (AvgIpc) is 2.66. The average molecular weight is 370 g/mol. The van der Waals surface area contributed by atoms with Crippen molar-refractivity contribution in [3.05, 3.63) is 59.2 Å². The maximum Gasteiger partial charge on any atom is 0.342 e. The monoisotopic (exact) mass is 370 g/mol. The van der Waals surface area contributed by atoms with Crippen LogP contribution in [0.2, 0.25) is 0 Å². The third-order valence-electron chi connectivity index (χ3n) is 4.20. The Bertz CT molecular complexity index is 800. The van der Waals surface area contributed by atoms with E-state index in [1.165, 1.54) is 12.0 Å². The van der Waals surface area contributed by atoms with Gasteiger partial charge in [-0.2, -0.15) is 0 Å². The van der Waals surface area contributed by atoms with E-state index in [4.69, 9.17) is 9.47 Å². The third-order valence-corrected chi connectivity index (χ3v) is 4.20. The fraction of sp³-hybridized carbons (Fsp3) is 0.333. The van der Waals surface area contributed by atoms with Gasteiger partial charge in [0.1, 0.15) is 11.3 Å². The van der Waals surface area contributed by atoms with Gasteiger partial charge >= 0.3 is 5.97 Å². The van der Waals surface area contributed by atoms with Gasteiger partial charge in [0.05, 0.1) is 7.11 Å². The first-order chi connectivity index (χ1) is 12.8. The van der Waals surface area contributed by atoms with Crippen LogP contribution in [0.3, 0.4) is 0 Å². The summed E-state index contributed by atoms with van der Waals surface area (Å²) in [5.74, 6) is -0.424. The Labute approximate surface area is 160 Å². The Kier molecular flexibility index (Phi) is 6.82. The number of hydrogen-bond donors (Lipinski definition) is 0. The van der Waals surface area contributed by atoms with Gasteiger partial charge in [-0.15, -0.1) is 0 Å². The SMILES string of the molecule is COc1ccc(C)cc1C(=O)OCC(=O)N(C)Cc1ccc(N(C)C)cc1. The van der Waals surface area contributed by atoms with Crippen molar-refractivity contribution in [1.29, 1.82) is 0 Å². The molecule has 0 aliphatic carbocycles. The minimum atomic E-state index is -0.576. The highest BCUT2D eigenvalue weighted by atomic mass is 16.5. The van der Waals surface area contributed by atoms with Crippen molar-refractivity contribution in [2.45, 2.75) is 13.5 Å². The summed E-state index contributed by atoms with van der Waals surface area (Å²) in [6, 6.07) is 13.2. The molecular formula is C21H26N2O4. The van der Waals surface area contributed by atoms with E-state index >= 15 is 0 Å². The van der Waals surface area contributed by atoms with Crippen LogP contribution in [0, 0.1) is 6.92 Å². The summed E-state index contributed by atoms with van der Waals surface area (Å²) in [5.41, 5.74) is 3.32. The van der Waals surface area contributed by atoms with E-state index in [1.54, 1.807) is 19.2 Å². The van der Waals surface area contributed by atoms with Gasteiger partial charge in [-0.3, -0.25) is 4.79 Å². The standard InChI is InChI=1S/C21H26N2O4/c1-15-6-11-19(26-5)18(12-15)21(25)27-14-20(24)23(4)13-16-7-9-17(10-8-16)22(2)3/h6-12H,13-14H2,1-5H3. The molecule has 144 valence electrons. The molecule has 0 heterocycles. The molecule has 2 aromatic rings. The number of likely N-dealkylation sites (N-methyl/N-ethyl adjacent to an activating group) is 1. The minimum Gasteiger partial charge on any atom is -0.496 e. The largest absolute Gasteiger partial charge is 0.496 e. The molecule has 0 N–H and O–H groups in total. The van der Waals surface area contributed by atoms with Crippen LogP contribution < -0.4 is 9.64 Å². The number of rotatable bonds is 7. The first-order valence-corrected chi connectivity index (χ1v) is 8.64. The minimum absolute atomic E-state index is 0.272. The zero-order valence-corrected chi connectivity index (χ0v) is 16.5. The van der Waals surface area contributed by atoms with Crippen molar-refractivity contribution < 1.29 is 19.1 Å². The Balaban J connectivity index is 1.92. The fourth-order valence-electron chi connectivity index (χ4n) is 2.56. The topological polar surface area (TPSA) is 59.1 Å². The molecule has 6 heteroatoms. The summed E-state index contributed by atoms with van der Waals surface area (Å²) >= 11 is 0. The van der Waals surface area contributed by atoms with Crippen LogP contribution in [-0.4, -0.2) is 51.6 Å². The quantitative estimate of drug-likeness (QED) is 0.702. The van der Waals surface area contributed by atoms with Crippen molar-refractivity contribution in [2.24, 2.45) is 0 Å². The van der Waals surface area contributed by atoms with Crippen LogP contribution in [0.25, 0.3) is 0 Å². The molecule has 0 aliphatic rings. The van der Waals surface area contributed by atoms with Gasteiger partial charge < -0.3 is 19.3 Å². The molecule has 0 bridgehead atoms. The number of carbonyl (C=O) groups is 2. The van der Waals surface area contributed by atoms with Crippen LogP contribution >= 0.6 is 0 Å². The Hall–Kier alpha value is -3.02. The fourth-order valence-corrected chi connectivity index (χ4v) is 2.56. The molecule has 0 aliphatic heterocycles. The summed E-state index contributed by atoms with van der Waals surface area (Å²) in [4.78, 5) is 28.1.